The number of hydrogen-bond donors (Lipinski definition) is 0. The standard InChI is InChI=1S/C31H23N3O3S/c1-37-24-15-13-21(14-16-24)19-33-30(35)26-11-6-5-10-25(26)27(31(33)36)18-22-20-34(23-8-3-2-4-9-23)32-29(22)28-12-7-17-38-28/h2-18,20H,19H2,1H3. The van der Waals surface area contributed by atoms with Gasteiger partial charge in [-0.05, 0) is 59.0 Å². The van der Waals surface area contributed by atoms with E-state index in [0.29, 0.717) is 22.4 Å². The number of ether oxygens (including phenoxy) is 1. The second-order valence-corrected chi connectivity index (χ2v) is 9.79. The van der Waals surface area contributed by atoms with Crippen molar-refractivity contribution in [1.29, 1.82) is 0 Å². The molecule has 6 nitrogen and oxygen atoms in total. The molecule has 1 aliphatic rings. The van der Waals surface area contributed by atoms with E-state index in [9.17, 15) is 9.59 Å². The fourth-order valence-corrected chi connectivity index (χ4v) is 5.30. The van der Waals surface area contributed by atoms with Gasteiger partial charge in [-0.1, -0.05) is 54.6 Å². The summed E-state index contributed by atoms with van der Waals surface area (Å²) in [6, 6.07) is 28.5. The average molecular weight is 518 g/mol. The molecule has 0 radical (unpaired) electrons. The van der Waals surface area contributed by atoms with E-state index in [1.54, 1.807) is 24.5 Å². The quantitative estimate of drug-likeness (QED) is 0.195. The monoisotopic (exact) mass is 517 g/mol. The number of rotatable bonds is 6. The van der Waals surface area contributed by atoms with Crippen LogP contribution in [0, 0.1) is 0 Å². The summed E-state index contributed by atoms with van der Waals surface area (Å²) in [5.74, 6) is 0.0682. The highest BCUT2D eigenvalue weighted by Crippen LogP contribution is 2.35. The van der Waals surface area contributed by atoms with E-state index in [4.69, 9.17) is 9.84 Å². The lowest BCUT2D eigenvalue weighted by Gasteiger charge is -2.28. The van der Waals surface area contributed by atoms with Gasteiger partial charge < -0.3 is 4.74 Å². The molecule has 0 atom stereocenters. The van der Waals surface area contributed by atoms with Crippen molar-refractivity contribution < 1.29 is 14.3 Å². The molecule has 0 fully saturated rings. The first-order valence-corrected chi connectivity index (χ1v) is 13.0. The van der Waals surface area contributed by atoms with E-state index in [-0.39, 0.29) is 18.4 Å². The zero-order valence-electron chi connectivity index (χ0n) is 20.6. The van der Waals surface area contributed by atoms with Gasteiger partial charge in [0.25, 0.3) is 11.8 Å². The summed E-state index contributed by atoms with van der Waals surface area (Å²) in [6.45, 7) is 0.161. The van der Waals surface area contributed by atoms with Crippen molar-refractivity contribution in [2.45, 2.75) is 6.54 Å². The highest BCUT2D eigenvalue weighted by molar-refractivity contribution is 7.13. The molecule has 0 aliphatic carbocycles. The van der Waals surface area contributed by atoms with Crippen LogP contribution < -0.4 is 4.74 Å². The number of fused-ring (bicyclic) bond motifs is 1. The van der Waals surface area contributed by atoms with Gasteiger partial charge in [0.15, 0.2) is 0 Å². The minimum atomic E-state index is -0.339. The first-order valence-electron chi connectivity index (χ1n) is 12.1. The molecule has 7 heteroatoms. The smallest absolute Gasteiger partial charge is 0.261 e. The van der Waals surface area contributed by atoms with Crippen LogP contribution in [0.1, 0.15) is 27.0 Å². The van der Waals surface area contributed by atoms with Crippen molar-refractivity contribution in [3.8, 4) is 22.0 Å². The van der Waals surface area contributed by atoms with Crippen LogP contribution in [-0.4, -0.2) is 33.6 Å². The third-order valence-electron chi connectivity index (χ3n) is 6.49. The molecule has 1 aliphatic heterocycles. The molecule has 0 bridgehead atoms. The second kappa shape index (κ2) is 9.95. The first-order chi connectivity index (χ1) is 18.6. The molecular formula is C31H23N3O3S. The minimum absolute atomic E-state index is 0.161. The van der Waals surface area contributed by atoms with Gasteiger partial charge in [-0.2, -0.15) is 5.10 Å². The molecule has 3 aromatic carbocycles. The number of hydrogen-bond acceptors (Lipinski definition) is 5. The SMILES string of the molecule is COc1ccc(CN2C(=O)C(=Cc3cn(-c4ccccc4)nc3-c3cccs3)c3ccccc3C2=O)cc1. The molecule has 0 spiro atoms. The van der Waals surface area contributed by atoms with Crippen molar-refractivity contribution in [3.05, 3.63) is 125 Å². The fourth-order valence-electron chi connectivity index (χ4n) is 4.57. The van der Waals surface area contributed by atoms with Crippen molar-refractivity contribution in [3.63, 3.8) is 0 Å². The lowest BCUT2D eigenvalue weighted by atomic mass is 9.91. The molecule has 2 amide bonds. The van der Waals surface area contributed by atoms with E-state index in [2.05, 4.69) is 0 Å². The summed E-state index contributed by atoms with van der Waals surface area (Å²) in [5.41, 5.74) is 4.91. The van der Waals surface area contributed by atoms with Crippen molar-refractivity contribution in [2.24, 2.45) is 0 Å². The molecule has 6 rings (SSSR count). The topological polar surface area (TPSA) is 64.4 Å². The van der Waals surface area contributed by atoms with Gasteiger partial charge in [0.2, 0.25) is 0 Å². The van der Waals surface area contributed by atoms with E-state index >= 15 is 0 Å². The number of benzene rings is 3. The molecule has 2 aromatic heterocycles. The Hall–Kier alpha value is -4.75. The third kappa shape index (κ3) is 4.33. The first kappa shape index (κ1) is 23.6. The summed E-state index contributed by atoms with van der Waals surface area (Å²) >= 11 is 1.59. The number of thiophene rings is 1. The third-order valence-corrected chi connectivity index (χ3v) is 7.36. The van der Waals surface area contributed by atoms with Crippen LogP contribution in [0.2, 0.25) is 0 Å². The fraction of sp³-hybridized carbons (Fsp3) is 0.0645. The summed E-state index contributed by atoms with van der Waals surface area (Å²) in [5, 5.41) is 6.87. The molecule has 0 unspecified atom stereocenters. The number of carbonyl (C=O) groups excluding carboxylic acids is 2. The van der Waals surface area contributed by atoms with Gasteiger partial charge in [0.05, 0.1) is 24.2 Å². The maximum absolute atomic E-state index is 13.9. The Bertz CT molecular complexity index is 1650. The van der Waals surface area contributed by atoms with Crippen LogP contribution >= 0.6 is 11.3 Å². The number of aromatic nitrogens is 2. The van der Waals surface area contributed by atoms with Crippen molar-refractivity contribution in [1.82, 2.24) is 14.7 Å². The van der Waals surface area contributed by atoms with E-state index in [1.807, 2.05) is 107 Å². The van der Waals surface area contributed by atoms with Gasteiger partial charge in [-0.15, -0.1) is 11.3 Å². The summed E-state index contributed by atoms with van der Waals surface area (Å²) in [7, 11) is 1.60. The predicted octanol–water partition coefficient (Wildman–Crippen LogP) is 6.33. The maximum Gasteiger partial charge on any atom is 0.261 e. The van der Waals surface area contributed by atoms with Gasteiger partial charge in [-0.25, -0.2) is 4.68 Å². The molecule has 186 valence electrons. The Labute approximate surface area is 224 Å². The number of para-hydroxylation sites is 1. The highest BCUT2D eigenvalue weighted by Gasteiger charge is 2.35. The Morgan fingerprint density at radius 2 is 1.58 bits per heavy atom. The zero-order valence-corrected chi connectivity index (χ0v) is 21.4. The Morgan fingerprint density at radius 3 is 2.29 bits per heavy atom. The second-order valence-electron chi connectivity index (χ2n) is 8.84. The Morgan fingerprint density at radius 1 is 0.842 bits per heavy atom. The lowest BCUT2D eigenvalue weighted by molar-refractivity contribution is -0.123. The number of amides is 2. The normalized spacial score (nSPS) is 14.1. The summed E-state index contributed by atoms with van der Waals surface area (Å²) in [6.07, 6.45) is 3.79. The van der Waals surface area contributed by atoms with Gasteiger partial charge >= 0.3 is 0 Å². The Kier molecular flexibility index (Phi) is 6.19. The predicted molar refractivity (Wildman–Crippen MR) is 149 cm³/mol. The van der Waals surface area contributed by atoms with Crippen molar-refractivity contribution in [2.75, 3.05) is 7.11 Å². The van der Waals surface area contributed by atoms with Gasteiger partial charge in [0, 0.05) is 22.9 Å². The average Bonchev–Trinajstić information content (AvgIpc) is 3.64. The number of carbonyl (C=O) groups is 2. The Balaban J connectivity index is 1.46. The number of nitrogens with zero attached hydrogens (tertiary/aromatic N) is 3. The van der Waals surface area contributed by atoms with Crippen LogP contribution in [0.25, 0.3) is 27.9 Å². The maximum atomic E-state index is 13.9. The molecule has 3 heterocycles. The molecule has 0 saturated heterocycles. The van der Waals surface area contributed by atoms with E-state index in [1.165, 1.54) is 4.90 Å². The van der Waals surface area contributed by atoms with E-state index in [0.717, 1.165) is 27.4 Å². The van der Waals surface area contributed by atoms with Crippen molar-refractivity contribution >= 4 is 34.8 Å². The van der Waals surface area contributed by atoms with Crippen LogP contribution in [0.15, 0.2) is 103 Å². The van der Waals surface area contributed by atoms with Crippen LogP contribution in [0.5, 0.6) is 5.75 Å². The largest absolute Gasteiger partial charge is 0.497 e. The minimum Gasteiger partial charge on any atom is -0.497 e. The van der Waals surface area contributed by atoms with Crippen LogP contribution in [-0.2, 0) is 11.3 Å². The van der Waals surface area contributed by atoms with Crippen LogP contribution in [0.3, 0.4) is 0 Å². The molecule has 5 aromatic rings. The lowest BCUT2D eigenvalue weighted by Crippen LogP contribution is -2.41. The summed E-state index contributed by atoms with van der Waals surface area (Å²) in [4.78, 5) is 29.6. The number of methoxy groups -OCH3 is 1. The molecule has 0 saturated carbocycles. The highest BCUT2D eigenvalue weighted by atomic mass is 32.1. The summed E-state index contributed by atoms with van der Waals surface area (Å²) < 4.78 is 7.06. The van der Waals surface area contributed by atoms with E-state index < -0.39 is 0 Å². The number of imide groups is 1. The molecular weight excluding hydrogens is 494 g/mol. The molecule has 0 N–H and O–H groups in total. The van der Waals surface area contributed by atoms with Crippen LogP contribution in [0.4, 0.5) is 0 Å². The molecule has 38 heavy (non-hydrogen) atoms. The van der Waals surface area contributed by atoms with Gasteiger partial charge in [0.1, 0.15) is 11.4 Å². The zero-order chi connectivity index (χ0) is 26.1. The van der Waals surface area contributed by atoms with Gasteiger partial charge in [-0.3, -0.25) is 14.5 Å².